The molecule has 0 unspecified atom stereocenters. The molecule has 1 N–H and O–H groups in total. The average molecular weight is 318 g/mol. The van der Waals surface area contributed by atoms with Crippen molar-refractivity contribution in [2.45, 2.75) is 66.7 Å². The van der Waals surface area contributed by atoms with E-state index in [4.69, 9.17) is 5.11 Å². The van der Waals surface area contributed by atoms with Crippen molar-refractivity contribution in [3.05, 3.63) is 46.6 Å². The maximum atomic E-state index is 11.7. The first-order valence-electron chi connectivity index (χ1n) is 8.09. The molecule has 0 aliphatic heterocycles. The van der Waals surface area contributed by atoms with Crippen LogP contribution in [0.5, 0.6) is 0 Å². The fraction of sp³-hybridized carbons (Fsp3) is 0.500. The molecule has 0 aliphatic rings. The number of ketones is 1. The molecule has 0 amide bonds. The number of carbonyl (C=O) groups excluding carboxylic acids is 1. The summed E-state index contributed by atoms with van der Waals surface area (Å²) in [4.78, 5) is 22.2. The standard InChI is InChI=1S/C20H30O3/c1-15(2)12-19(21)13-17(4)10-6-8-16(3)9-7-11-18(5)14-20(22)23/h9-10,12,14H,6-8,11,13H2,1-5H3,(H,22,23). The second-order valence-electron chi connectivity index (χ2n) is 6.37. The summed E-state index contributed by atoms with van der Waals surface area (Å²) in [7, 11) is 0. The van der Waals surface area contributed by atoms with Gasteiger partial charge in [-0.1, -0.05) is 34.4 Å². The summed E-state index contributed by atoms with van der Waals surface area (Å²) in [6.07, 6.45) is 11.3. The Morgan fingerprint density at radius 2 is 1.30 bits per heavy atom. The van der Waals surface area contributed by atoms with Crippen LogP contribution in [0, 0.1) is 0 Å². The second-order valence-corrected chi connectivity index (χ2v) is 6.37. The fourth-order valence-electron chi connectivity index (χ4n) is 2.20. The molecule has 0 rings (SSSR count). The highest BCUT2D eigenvalue weighted by molar-refractivity contribution is 5.91. The minimum Gasteiger partial charge on any atom is -0.478 e. The zero-order valence-electron chi connectivity index (χ0n) is 15.1. The first kappa shape index (κ1) is 21.1. The lowest BCUT2D eigenvalue weighted by molar-refractivity contribution is -0.131. The molecule has 23 heavy (non-hydrogen) atoms. The molecule has 0 radical (unpaired) electrons. The molecule has 0 aromatic heterocycles. The summed E-state index contributed by atoms with van der Waals surface area (Å²) in [5.41, 5.74) is 4.33. The van der Waals surface area contributed by atoms with Gasteiger partial charge in [-0.05, 0) is 66.4 Å². The van der Waals surface area contributed by atoms with E-state index in [1.165, 1.54) is 11.6 Å². The van der Waals surface area contributed by atoms with E-state index >= 15 is 0 Å². The Balaban J connectivity index is 4.18. The molecule has 0 bridgehead atoms. The summed E-state index contributed by atoms with van der Waals surface area (Å²) in [6, 6.07) is 0. The zero-order chi connectivity index (χ0) is 17.8. The minimum atomic E-state index is -0.883. The van der Waals surface area contributed by atoms with Crippen LogP contribution in [-0.2, 0) is 9.59 Å². The van der Waals surface area contributed by atoms with E-state index in [-0.39, 0.29) is 5.78 Å². The van der Waals surface area contributed by atoms with Gasteiger partial charge in [0.05, 0.1) is 0 Å². The molecule has 0 saturated heterocycles. The van der Waals surface area contributed by atoms with Crippen molar-refractivity contribution in [1.82, 2.24) is 0 Å². The number of carboxylic acids is 1. The van der Waals surface area contributed by atoms with Gasteiger partial charge in [0.1, 0.15) is 0 Å². The number of hydrogen-bond acceptors (Lipinski definition) is 2. The largest absolute Gasteiger partial charge is 0.478 e. The highest BCUT2D eigenvalue weighted by atomic mass is 16.4. The highest BCUT2D eigenvalue weighted by Crippen LogP contribution is 2.12. The lowest BCUT2D eigenvalue weighted by Gasteiger charge is -2.02. The van der Waals surface area contributed by atoms with Crippen LogP contribution >= 0.6 is 0 Å². The van der Waals surface area contributed by atoms with Crippen molar-refractivity contribution < 1.29 is 14.7 Å². The van der Waals surface area contributed by atoms with Crippen LogP contribution in [0.2, 0.25) is 0 Å². The van der Waals surface area contributed by atoms with Crippen LogP contribution in [0.15, 0.2) is 46.6 Å². The van der Waals surface area contributed by atoms with Crippen molar-refractivity contribution >= 4 is 11.8 Å². The molecule has 3 heteroatoms. The predicted molar refractivity (Wildman–Crippen MR) is 96.4 cm³/mol. The molecule has 0 spiro atoms. The zero-order valence-corrected chi connectivity index (χ0v) is 15.1. The lowest BCUT2D eigenvalue weighted by Crippen LogP contribution is -1.94. The van der Waals surface area contributed by atoms with E-state index in [1.807, 2.05) is 27.7 Å². The Kier molecular flexibility index (Phi) is 10.7. The molecular weight excluding hydrogens is 288 g/mol. The van der Waals surface area contributed by atoms with Gasteiger partial charge >= 0.3 is 5.97 Å². The van der Waals surface area contributed by atoms with Crippen molar-refractivity contribution in [2.75, 3.05) is 0 Å². The Bertz CT molecular complexity index is 527. The van der Waals surface area contributed by atoms with Crippen molar-refractivity contribution in [3.8, 4) is 0 Å². The molecule has 0 heterocycles. The van der Waals surface area contributed by atoms with Gasteiger partial charge in [0.2, 0.25) is 0 Å². The molecule has 0 saturated carbocycles. The maximum absolute atomic E-state index is 11.7. The fourth-order valence-corrected chi connectivity index (χ4v) is 2.20. The number of hydrogen-bond donors (Lipinski definition) is 1. The van der Waals surface area contributed by atoms with Gasteiger partial charge in [-0.3, -0.25) is 4.79 Å². The van der Waals surface area contributed by atoms with Gasteiger partial charge in [0.15, 0.2) is 5.78 Å². The van der Waals surface area contributed by atoms with Crippen LogP contribution < -0.4 is 0 Å². The van der Waals surface area contributed by atoms with Crippen molar-refractivity contribution in [2.24, 2.45) is 0 Å². The van der Waals surface area contributed by atoms with Crippen LogP contribution in [0.3, 0.4) is 0 Å². The third-order valence-corrected chi connectivity index (χ3v) is 3.34. The Labute approximate surface area is 140 Å². The quantitative estimate of drug-likeness (QED) is 0.433. The van der Waals surface area contributed by atoms with Gasteiger partial charge in [0.25, 0.3) is 0 Å². The number of aliphatic carboxylic acids is 1. The topological polar surface area (TPSA) is 54.4 Å². The normalized spacial score (nSPS) is 13.0. The maximum Gasteiger partial charge on any atom is 0.328 e. The lowest BCUT2D eigenvalue weighted by atomic mass is 10.0. The molecule has 0 aromatic rings. The number of allylic oxidation sites excluding steroid dienone is 7. The first-order chi connectivity index (χ1) is 10.7. The van der Waals surface area contributed by atoms with Gasteiger partial charge in [0, 0.05) is 12.5 Å². The van der Waals surface area contributed by atoms with E-state index in [9.17, 15) is 9.59 Å². The predicted octanol–water partition coefficient (Wildman–Crippen LogP) is 5.40. The van der Waals surface area contributed by atoms with Gasteiger partial charge < -0.3 is 5.11 Å². The summed E-state index contributed by atoms with van der Waals surface area (Å²) < 4.78 is 0. The Hall–Kier alpha value is -1.90. The van der Waals surface area contributed by atoms with Crippen molar-refractivity contribution in [3.63, 3.8) is 0 Å². The van der Waals surface area contributed by atoms with E-state index in [0.29, 0.717) is 6.42 Å². The van der Waals surface area contributed by atoms with Crippen LogP contribution in [-0.4, -0.2) is 16.9 Å². The number of rotatable bonds is 10. The van der Waals surface area contributed by atoms with Crippen LogP contribution in [0.25, 0.3) is 0 Å². The summed E-state index contributed by atoms with van der Waals surface area (Å²) in [5.74, 6) is -0.724. The molecule has 3 nitrogen and oxygen atoms in total. The van der Waals surface area contributed by atoms with E-state index < -0.39 is 5.97 Å². The smallest absolute Gasteiger partial charge is 0.328 e. The molecular formula is C20H30O3. The van der Waals surface area contributed by atoms with Gasteiger partial charge in [-0.15, -0.1) is 0 Å². The minimum absolute atomic E-state index is 0.159. The third kappa shape index (κ3) is 13.5. The first-order valence-corrected chi connectivity index (χ1v) is 8.09. The van der Waals surface area contributed by atoms with Gasteiger partial charge in [-0.25, -0.2) is 4.79 Å². The number of carboxylic acid groups (broad SMARTS) is 1. The molecule has 0 aromatic carbocycles. The van der Waals surface area contributed by atoms with E-state index in [0.717, 1.165) is 42.4 Å². The van der Waals surface area contributed by atoms with Crippen LogP contribution in [0.4, 0.5) is 0 Å². The second kappa shape index (κ2) is 11.6. The molecule has 0 atom stereocenters. The summed E-state index contributed by atoms with van der Waals surface area (Å²) in [6.45, 7) is 9.79. The number of carbonyl (C=O) groups is 2. The van der Waals surface area contributed by atoms with E-state index in [2.05, 4.69) is 19.1 Å². The highest BCUT2D eigenvalue weighted by Gasteiger charge is 1.99. The summed E-state index contributed by atoms with van der Waals surface area (Å²) in [5, 5.41) is 8.65. The molecule has 0 fully saturated rings. The third-order valence-electron chi connectivity index (χ3n) is 3.34. The average Bonchev–Trinajstić information content (AvgIpc) is 2.36. The monoisotopic (exact) mass is 318 g/mol. The van der Waals surface area contributed by atoms with E-state index in [1.54, 1.807) is 6.08 Å². The van der Waals surface area contributed by atoms with Crippen LogP contribution in [0.1, 0.15) is 66.7 Å². The molecule has 0 aliphatic carbocycles. The summed E-state index contributed by atoms with van der Waals surface area (Å²) >= 11 is 0. The van der Waals surface area contributed by atoms with Gasteiger partial charge in [-0.2, -0.15) is 0 Å². The molecule has 128 valence electrons. The van der Waals surface area contributed by atoms with Crippen molar-refractivity contribution in [1.29, 1.82) is 0 Å². The Morgan fingerprint density at radius 3 is 1.83 bits per heavy atom. The Morgan fingerprint density at radius 1 is 0.783 bits per heavy atom. The SMILES string of the molecule is CC(C)=CC(=O)CC(C)=CCCC(C)=CCCC(C)=CC(=O)O.